The van der Waals surface area contributed by atoms with Crippen LogP contribution in [0, 0.1) is 0 Å². The normalized spacial score (nSPS) is 11.8. The lowest BCUT2D eigenvalue weighted by Gasteiger charge is -2.13. The summed E-state index contributed by atoms with van der Waals surface area (Å²) in [5.41, 5.74) is 1.99. The van der Waals surface area contributed by atoms with E-state index in [1.165, 1.54) is 29.5 Å². The molecule has 202 valence electrons. The summed E-state index contributed by atoms with van der Waals surface area (Å²) >= 11 is 7.38. The highest BCUT2D eigenvalue weighted by molar-refractivity contribution is 7.90. The van der Waals surface area contributed by atoms with Gasteiger partial charge in [0.25, 0.3) is 15.9 Å². The summed E-state index contributed by atoms with van der Waals surface area (Å²) in [6, 6.07) is 19.9. The molecule has 4 aromatic rings. The summed E-state index contributed by atoms with van der Waals surface area (Å²) in [6.45, 7) is 4.25. The van der Waals surface area contributed by atoms with Crippen molar-refractivity contribution in [3.63, 3.8) is 0 Å². The van der Waals surface area contributed by atoms with Crippen molar-refractivity contribution in [1.82, 2.24) is 14.5 Å². The number of rotatable bonds is 8. The van der Waals surface area contributed by atoms with Crippen LogP contribution in [0.3, 0.4) is 0 Å². The largest absolute Gasteiger partial charge is 0.448 e. The van der Waals surface area contributed by atoms with Crippen molar-refractivity contribution in [3.05, 3.63) is 98.8 Å². The molecule has 0 radical (unpaired) electrons. The molecule has 0 bridgehead atoms. The monoisotopic (exact) mass is 584 g/mol. The molecule has 0 aliphatic rings. The van der Waals surface area contributed by atoms with Crippen LogP contribution in [0.2, 0.25) is 5.02 Å². The summed E-state index contributed by atoms with van der Waals surface area (Å²) in [4.78, 5) is 28.9. The van der Waals surface area contributed by atoms with E-state index in [1.807, 2.05) is 19.1 Å². The fourth-order valence-electron chi connectivity index (χ4n) is 3.70. The fourth-order valence-corrected chi connectivity index (χ4v) is 5.94. The first-order valence-corrected chi connectivity index (χ1v) is 14.7. The van der Waals surface area contributed by atoms with Gasteiger partial charge in [-0.05, 0) is 42.7 Å². The number of benzene rings is 3. The van der Waals surface area contributed by atoms with Crippen LogP contribution in [0.25, 0.3) is 11.1 Å². The zero-order valence-electron chi connectivity index (χ0n) is 21.1. The Hall–Kier alpha value is -3.80. The highest BCUT2D eigenvalue weighted by Gasteiger charge is 2.23. The van der Waals surface area contributed by atoms with Gasteiger partial charge in [-0.1, -0.05) is 84.5 Å². The van der Waals surface area contributed by atoms with Gasteiger partial charge >= 0.3 is 6.09 Å². The molecule has 2 amide bonds. The van der Waals surface area contributed by atoms with Gasteiger partial charge in [-0.3, -0.25) is 4.79 Å². The Balaban J connectivity index is 1.60. The molecule has 1 aromatic heterocycles. The number of nitrogens with one attached hydrogen (secondary N) is 1. The third-order valence-electron chi connectivity index (χ3n) is 5.54. The first kappa shape index (κ1) is 28.2. The Bertz CT molecular complexity index is 1680. The number of ether oxygens (including phenoxy) is 1. The lowest BCUT2D eigenvalue weighted by molar-refractivity contribution is 0.0981. The molecule has 1 heterocycles. The second kappa shape index (κ2) is 12.4. The van der Waals surface area contributed by atoms with Crippen LogP contribution in [0.5, 0.6) is 0 Å². The van der Waals surface area contributed by atoms with Crippen molar-refractivity contribution in [2.75, 3.05) is 6.61 Å². The fraction of sp³-hybridized carbons (Fsp3) is 0.185. The van der Waals surface area contributed by atoms with E-state index in [0.29, 0.717) is 28.9 Å². The third kappa shape index (κ3) is 6.80. The SMILES string of the molecule is CCOC(=O)/N=c1\sc(CC)nn1Cc1ccc(-c2ccccc2S(=O)(=O)NC(=O)c2ccccc2Cl)cc1. The number of hydrogen-bond donors (Lipinski definition) is 1. The first-order chi connectivity index (χ1) is 18.7. The van der Waals surface area contributed by atoms with E-state index in [9.17, 15) is 18.0 Å². The topological polar surface area (TPSA) is 120 Å². The molecule has 0 aliphatic carbocycles. The Kier molecular flexibility index (Phi) is 8.95. The number of hydrogen-bond acceptors (Lipinski definition) is 7. The molecular weight excluding hydrogens is 560 g/mol. The van der Waals surface area contributed by atoms with E-state index in [0.717, 1.165) is 10.6 Å². The van der Waals surface area contributed by atoms with Crippen LogP contribution in [-0.2, 0) is 27.7 Å². The number of aryl methyl sites for hydroxylation is 1. The number of amides is 2. The predicted molar refractivity (Wildman–Crippen MR) is 149 cm³/mol. The Morgan fingerprint density at radius 3 is 2.41 bits per heavy atom. The van der Waals surface area contributed by atoms with Gasteiger partial charge in [0.1, 0.15) is 5.01 Å². The maximum absolute atomic E-state index is 13.2. The average molecular weight is 585 g/mol. The Morgan fingerprint density at radius 2 is 1.72 bits per heavy atom. The minimum Gasteiger partial charge on any atom is -0.448 e. The van der Waals surface area contributed by atoms with Gasteiger partial charge in [0.2, 0.25) is 4.80 Å². The van der Waals surface area contributed by atoms with Crippen molar-refractivity contribution < 1.29 is 22.7 Å². The third-order valence-corrected chi connectivity index (χ3v) is 8.35. The number of nitrogens with zero attached hydrogens (tertiary/aromatic N) is 3. The second-order valence-corrected chi connectivity index (χ2v) is 11.3. The highest BCUT2D eigenvalue weighted by atomic mass is 35.5. The molecule has 3 aromatic carbocycles. The van der Waals surface area contributed by atoms with E-state index in [1.54, 1.807) is 54.1 Å². The molecule has 0 fully saturated rings. The minimum atomic E-state index is -4.21. The van der Waals surface area contributed by atoms with Crippen LogP contribution >= 0.6 is 22.9 Å². The van der Waals surface area contributed by atoms with Gasteiger partial charge in [0.05, 0.1) is 28.6 Å². The molecule has 0 spiro atoms. The van der Waals surface area contributed by atoms with Gasteiger partial charge in [0.15, 0.2) is 0 Å². The van der Waals surface area contributed by atoms with Gasteiger partial charge in [0, 0.05) is 5.56 Å². The Labute approximate surface area is 234 Å². The van der Waals surface area contributed by atoms with Crippen LogP contribution in [0.15, 0.2) is 82.7 Å². The van der Waals surface area contributed by atoms with Gasteiger partial charge in [-0.15, -0.1) is 4.99 Å². The van der Waals surface area contributed by atoms with Crippen LogP contribution < -0.4 is 9.52 Å². The summed E-state index contributed by atoms with van der Waals surface area (Å²) in [5, 5.41) is 5.50. The lowest BCUT2D eigenvalue weighted by Crippen LogP contribution is -2.31. The zero-order valence-corrected chi connectivity index (χ0v) is 23.5. The van der Waals surface area contributed by atoms with Crippen LogP contribution in [0.1, 0.15) is 34.8 Å². The number of carbonyl (C=O) groups is 2. The average Bonchev–Trinajstić information content (AvgIpc) is 3.30. The van der Waals surface area contributed by atoms with Gasteiger partial charge in [-0.25, -0.2) is 22.6 Å². The second-order valence-electron chi connectivity index (χ2n) is 8.21. The van der Waals surface area contributed by atoms with E-state index in [4.69, 9.17) is 16.3 Å². The van der Waals surface area contributed by atoms with Crippen LogP contribution in [0.4, 0.5) is 4.79 Å². The van der Waals surface area contributed by atoms with Gasteiger partial charge in [-0.2, -0.15) is 5.10 Å². The van der Waals surface area contributed by atoms with E-state index < -0.39 is 22.0 Å². The van der Waals surface area contributed by atoms with Crippen molar-refractivity contribution in [2.45, 2.75) is 31.7 Å². The minimum absolute atomic E-state index is 0.0462. The molecular formula is C27H25ClN4O5S2. The molecule has 4 rings (SSSR count). The maximum Gasteiger partial charge on any atom is 0.436 e. The zero-order chi connectivity index (χ0) is 28.0. The molecule has 12 heteroatoms. The van der Waals surface area contributed by atoms with E-state index in [2.05, 4.69) is 14.8 Å². The standard InChI is InChI=1S/C27H25ClN4O5S2/c1-3-24-30-32(26(38-24)29-27(34)37-4-2)17-18-13-15-19(16-14-18)20-9-6-8-12-23(20)39(35,36)31-25(33)21-10-5-7-11-22(21)28/h5-16H,3-4,17H2,1-2H3,(H,31,33)/b29-26-. The maximum atomic E-state index is 13.2. The quantitative estimate of drug-likeness (QED) is 0.309. The summed E-state index contributed by atoms with van der Waals surface area (Å²) in [7, 11) is -4.21. The van der Waals surface area contributed by atoms with Crippen LogP contribution in [-0.4, -0.2) is 36.8 Å². The highest BCUT2D eigenvalue weighted by Crippen LogP contribution is 2.28. The van der Waals surface area contributed by atoms with Crippen molar-refractivity contribution in [1.29, 1.82) is 0 Å². The van der Waals surface area contributed by atoms with E-state index >= 15 is 0 Å². The molecule has 9 nitrogen and oxygen atoms in total. The number of aromatic nitrogens is 2. The number of sulfonamides is 1. The molecule has 0 saturated heterocycles. The predicted octanol–water partition coefficient (Wildman–Crippen LogP) is 5.05. The lowest BCUT2D eigenvalue weighted by atomic mass is 10.0. The Morgan fingerprint density at radius 1 is 1.03 bits per heavy atom. The molecule has 0 unspecified atom stereocenters. The van der Waals surface area contributed by atoms with E-state index in [-0.39, 0.29) is 22.1 Å². The summed E-state index contributed by atoms with van der Waals surface area (Å²) < 4.78 is 35.1. The molecule has 0 aliphatic heterocycles. The van der Waals surface area contributed by atoms with Crippen molar-refractivity contribution >= 4 is 45.0 Å². The molecule has 39 heavy (non-hydrogen) atoms. The molecule has 0 atom stereocenters. The van der Waals surface area contributed by atoms with Crippen molar-refractivity contribution in [3.8, 4) is 11.1 Å². The summed E-state index contributed by atoms with van der Waals surface area (Å²) in [6.07, 6.45) is 0.0209. The summed E-state index contributed by atoms with van der Waals surface area (Å²) in [5.74, 6) is -0.818. The first-order valence-electron chi connectivity index (χ1n) is 12.0. The van der Waals surface area contributed by atoms with Crippen molar-refractivity contribution in [2.24, 2.45) is 4.99 Å². The number of halogens is 1. The molecule has 0 saturated carbocycles. The van der Waals surface area contributed by atoms with Gasteiger partial charge < -0.3 is 4.74 Å². The molecule has 1 N–H and O–H groups in total. The number of carbonyl (C=O) groups excluding carboxylic acids is 2. The smallest absolute Gasteiger partial charge is 0.436 e.